The van der Waals surface area contributed by atoms with Crippen molar-refractivity contribution in [1.29, 1.82) is 0 Å². The molecule has 0 fully saturated rings. The van der Waals surface area contributed by atoms with Crippen LogP contribution in [0.2, 0.25) is 0 Å². The molecule has 0 aliphatic heterocycles. The fraction of sp³-hybridized carbons (Fsp3) is 0.250. The number of carbonyl (C=O) groups excluding carboxylic acids is 3. The van der Waals surface area contributed by atoms with E-state index >= 15 is 0 Å². The number of ketones is 3. The van der Waals surface area contributed by atoms with Crippen molar-refractivity contribution in [2.45, 2.75) is 13.3 Å². The van der Waals surface area contributed by atoms with Crippen LogP contribution in [0.4, 0.5) is 0 Å². The summed E-state index contributed by atoms with van der Waals surface area (Å²) >= 11 is 0. The van der Waals surface area contributed by atoms with E-state index in [4.69, 9.17) is 14.2 Å². The highest BCUT2D eigenvalue weighted by atomic mass is 16.5. The van der Waals surface area contributed by atoms with E-state index in [0.717, 1.165) is 6.07 Å². The van der Waals surface area contributed by atoms with Gasteiger partial charge in [0.1, 0.15) is 34.1 Å². The highest BCUT2D eigenvalue weighted by Gasteiger charge is 2.28. The molecule has 0 amide bonds. The Morgan fingerprint density at radius 3 is 2.00 bits per heavy atom. The minimum absolute atomic E-state index is 0.0260. The fourth-order valence-electron chi connectivity index (χ4n) is 2.70. The van der Waals surface area contributed by atoms with Crippen LogP contribution in [0.25, 0.3) is 0 Å². The molecule has 0 saturated carbocycles. The van der Waals surface area contributed by atoms with E-state index < -0.39 is 29.5 Å². The van der Waals surface area contributed by atoms with Crippen molar-refractivity contribution in [2.75, 3.05) is 21.3 Å². The molecule has 0 heterocycles. The summed E-state index contributed by atoms with van der Waals surface area (Å²) in [7, 11) is 4.10. The first-order valence-corrected chi connectivity index (χ1v) is 8.03. The maximum absolute atomic E-state index is 12.7. The van der Waals surface area contributed by atoms with Crippen LogP contribution in [0.1, 0.15) is 44.4 Å². The van der Waals surface area contributed by atoms with E-state index in [9.17, 15) is 19.5 Å². The Hall–Kier alpha value is -3.35. The third-order valence-electron chi connectivity index (χ3n) is 4.01. The number of benzene rings is 2. The molecule has 2 aromatic rings. The van der Waals surface area contributed by atoms with E-state index in [1.807, 2.05) is 0 Å². The average molecular weight is 372 g/mol. The van der Waals surface area contributed by atoms with Crippen LogP contribution < -0.4 is 14.2 Å². The molecule has 142 valence electrons. The Balaban J connectivity index is 2.41. The first-order chi connectivity index (χ1) is 12.8. The fourth-order valence-corrected chi connectivity index (χ4v) is 2.70. The zero-order valence-corrected chi connectivity index (χ0v) is 15.5. The van der Waals surface area contributed by atoms with Crippen molar-refractivity contribution < 1.29 is 33.7 Å². The smallest absolute Gasteiger partial charge is 0.178 e. The summed E-state index contributed by atoms with van der Waals surface area (Å²) in [5.41, 5.74) is 0.117. The number of hydrogen-bond donors (Lipinski definition) is 1. The number of hydrogen-bond acceptors (Lipinski definition) is 7. The Kier molecular flexibility index (Phi) is 6.18. The lowest BCUT2D eigenvalue weighted by atomic mass is 9.96. The van der Waals surface area contributed by atoms with E-state index in [1.54, 1.807) is 24.3 Å². The van der Waals surface area contributed by atoms with E-state index in [0.29, 0.717) is 11.3 Å². The molecule has 2 rings (SSSR count). The minimum Gasteiger partial charge on any atom is -0.507 e. The molecule has 27 heavy (non-hydrogen) atoms. The maximum Gasteiger partial charge on any atom is 0.178 e. The SMILES string of the molecule is COc1ccc(C(=O)CC(=O)c2c(O)cc(OC)c(C(C)=O)c2OC)cc1. The van der Waals surface area contributed by atoms with E-state index in [2.05, 4.69) is 0 Å². The maximum atomic E-state index is 12.7. The summed E-state index contributed by atoms with van der Waals surface area (Å²) in [4.78, 5) is 37.1. The van der Waals surface area contributed by atoms with Gasteiger partial charge in [-0.25, -0.2) is 0 Å². The molecule has 0 radical (unpaired) electrons. The van der Waals surface area contributed by atoms with Crippen LogP contribution in [0, 0.1) is 0 Å². The molecule has 0 aliphatic carbocycles. The normalized spacial score (nSPS) is 10.2. The molecule has 0 unspecified atom stereocenters. The van der Waals surface area contributed by atoms with Crippen LogP contribution in [0.3, 0.4) is 0 Å². The summed E-state index contributed by atoms with van der Waals surface area (Å²) < 4.78 is 15.3. The summed E-state index contributed by atoms with van der Waals surface area (Å²) in [6.45, 7) is 1.29. The summed E-state index contributed by atoms with van der Waals surface area (Å²) in [5.74, 6) is -1.40. The van der Waals surface area contributed by atoms with Gasteiger partial charge in [-0.2, -0.15) is 0 Å². The lowest BCUT2D eigenvalue weighted by molar-refractivity contribution is 0.0891. The van der Waals surface area contributed by atoms with Crippen molar-refractivity contribution in [3.63, 3.8) is 0 Å². The molecule has 0 bridgehead atoms. The molecule has 0 spiro atoms. The molecule has 0 aliphatic rings. The van der Waals surface area contributed by atoms with E-state index in [-0.39, 0.29) is 22.6 Å². The Morgan fingerprint density at radius 2 is 1.52 bits per heavy atom. The highest BCUT2D eigenvalue weighted by molar-refractivity contribution is 6.17. The number of methoxy groups -OCH3 is 3. The van der Waals surface area contributed by atoms with Crippen LogP contribution in [0.5, 0.6) is 23.0 Å². The van der Waals surface area contributed by atoms with Crippen LogP contribution >= 0.6 is 0 Å². The number of ether oxygens (including phenoxy) is 3. The molecule has 0 atom stereocenters. The Labute approximate surface area is 156 Å². The van der Waals surface area contributed by atoms with Crippen molar-refractivity contribution in [1.82, 2.24) is 0 Å². The predicted octanol–water partition coefficient (Wildman–Crippen LogP) is 3.08. The number of Topliss-reactive ketones (excluding diaryl/α,β-unsaturated/α-hetero) is 3. The second-order valence-corrected chi connectivity index (χ2v) is 5.69. The largest absolute Gasteiger partial charge is 0.507 e. The average Bonchev–Trinajstić information content (AvgIpc) is 2.66. The van der Waals surface area contributed by atoms with Crippen molar-refractivity contribution >= 4 is 17.3 Å². The van der Waals surface area contributed by atoms with Crippen LogP contribution in [-0.4, -0.2) is 43.8 Å². The van der Waals surface area contributed by atoms with Gasteiger partial charge in [0.05, 0.1) is 27.8 Å². The van der Waals surface area contributed by atoms with Gasteiger partial charge in [-0.15, -0.1) is 0 Å². The standard InChI is InChI=1S/C20H20O7/c1-11(21)18-17(26-3)10-16(24)19(20(18)27-4)15(23)9-14(22)12-5-7-13(25-2)8-6-12/h5-8,10,24H,9H2,1-4H3. The van der Waals surface area contributed by atoms with Crippen molar-refractivity contribution in [3.8, 4) is 23.0 Å². The van der Waals surface area contributed by atoms with Gasteiger partial charge in [0.2, 0.25) is 0 Å². The van der Waals surface area contributed by atoms with Gasteiger partial charge >= 0.3 is 0 Å². The molecule has 2 aromatic carbocycles. The number of aromatic hydroxyl groups is 1. The van der Waals surface area contributed by atoms with Gasteiger partial charge in [0, 0.05) is 11.6 Å². The molecule has 7 heteroatoms. The zero-order valence-electron chi connectivity index (χ0n) is 15.5. The summed E-state index contributed by atoms with van der Waals surface area (Å²) in [6.07, 6.45) is -0.500. The third kappa shape index (κ3) is 4.08. The Bertz CT molecular complexity index is 882. The Morgan fingerprint density at radius 1 is 0.889 bits per heavy atom. The van der Waals surface area contributed by atoms with Crippen LogP contribution in [-0.2, 0) is 0 Å². The topological polar surface area (TPSA) is 99.1 Å². The van der Waals surface area contributed by atoms with Crippen molar-refractivity contribution in [3.05, 3.63) is 47.0 Å². The third-order valence-corrected chi connectivity index (χ3v) is 4.01. The molecular formula is C20H20O7. The van der Waals surface area contributed by atoms with Crippen molar-refractivity contribution in [2.24, 2.45) is 0 Å². The first kappa shape index (κ1) is 20.0. The minimum atomic E-state index is -0.671. The first-order valence-electron chi connectivity index (χ1n) is 8.03. The number of phenolic OH excluding ortho intramolecular Hbond substituents is 1. The second kappa shape index (κ2) is 8.35. The van der Waals surface area contributed by atoms with Gasteiger partial charge < -0.3 is 19.3 Å². The molecular weight excluding hydrogens is 352 g/mol. The van der Waals surface area contributed by atoms with Crippen LogP contribution in [0.15, 0.2) is 30.3 Å². The summed E-state index contributed by atoms with van der Waals surface area (Å²) in [6, 6.07) is 7.46. The number of carbonyl (C=O) groups is 3. The molecule has 7 nitrogen and oxygen atoms in total. The monoisotopic (exact) mass is 372 g/mol. The number of rotatable bonds is 8. The van der Waals surface area contributed by atoms with Gasteiger partial charge in [-0.3, -0.25) is 14.4 Å². The lowest BCUT2D eigenvalue weighted by Crippen LogP contribution is -2.13. The zero-order chi connectivity index (χ0) is 20.1. The van der Waals surface area contributed by atoms with E-state index in [1.165, 1.54) is 28.3 Å². The molecule has 0 aromatic heterocycles. The molecule has 1 N–H and O–H groups in total. The molecule has 0 saturated heterocycles. The second-order valence-electron chi connectivity index (χ2n) is 5.69. The van der Waals surface area contributed by atoms with Gasteiger partial charge in [0.15, 0.2) is 17.3 Å². The number of phenols is 1. The highest BCUT2D eigenvalue weighted by Crippen LogP contribution is 2.39. The summed E-state index contributed by atoms with van der Waals surface area (Å²) in [5, 5.41) is 10.2. The van der Waals surface area contributed by atoms with Gasteiger partial charge in [-0.05, 0) is 31.2 Å². The quantitative estimate of drug-likeness (QED) is 0.561. The predicted molar refractivity (Wildman–Crippen MR) is 97.5 cm³/mol. The van der Waals surface area contributed by atoms with Gasteiger partial charge in [0.25, 0.3) is 0 Å². The van der Waals surface area contributed by atoms with Gasteiger partial charge in [-0.1, -0.05) is 0 Å². The lowest BCUT2D eigenvalue weighted by Gasteiger charge is -2.16.